The molecule has 0 radical (unpaired) electrons. The monoisotopic (exact) mass is 494 g/mol. The minimum atomic E-state index is -0.297. The summed E-state index contributed by atoms with van der Waals surface area (Å²) in [6, 6.07) is 16.2. The molecular weight excluding hydrogens is 467 g/mol. The predicted molar refractivity (Wildman–Crippen MR) is 133 cm³/mol. The first kappa shape index (κ1) is 23.7. The van der Waals surface area contributed by atoms with E-state index >= 15 is 0 Å². The van der Waals surface area contributed by atoms with Crippen LogP contribution in [0, 0.1) is 5.82 Å². The lowest BCUT2D eigenvalue weighted by molar-refractivity contribution is -0.127. The van der Waals surface area contributed by atoms with Crippen molar-refractivity contribution in [2.75, 3.05) is 45.1 Å². The molecule has 0 N–H and O–H groups in total. The maximum atomic E-state index is 13.5. The molecule has 2 aliphatic heterocycles. The third kappa shape index (κ3) is 5.77. The second kappa shape index (κ2) is 11.1. The van der Waals surface area contributed by atoms with Gasteiger partial charge in [0.2, 0.25) is 0 Å². The zero-order chi connectivity index (χ0) is 24.0. The quantitative estimate of drug-likeness (QED) is 0.448. The number of halogens is 1. The zero-order valence-corrected chi connectivity index (χ0v) is 20.2. The molecule has 1 amide bonds. The Kier molecular flexibility index (Phi) is 7.51. The van der Waals surface area contributed by atoms with E-state index in [1.807, 2.05) is 34.9 Å². The number of rotatable bonds is 8. The number of hydrogen-bond donors (Lipinski definition) is 0. The van der Waals surface area contributed by atoms with Gasteiger partial charge >= 0.3 is 0 Å². The molecule has 2 aromatic carbocycles. The van der Waals surface area contributed by atoms with E-state index in [-0.39, 0.29) is 17.5 Å². The Morgan fingerprint density at radius 2 is 1.71 bits per heavy atom. The van der Waals surface area contributed by atoms with Gasteiger partial charge in [-0.05, 0) is 29.8 Å². The van der Waals surface area contributed by atoms with Crippen molar-refractivity contribution < 1.29 is 13.9 Å². The van der Waals surface area contributed by atoms with Crippen LogP contribution in [0.1, 0.15) is 12.0 Å². The summed E-state index contributed by atoms with van der Waals surface area (Å²) >= 11 is 1.36. The van der Waals surface area contributed by atoms with Gasteiger partial charge in [-0.1, -0.05) is 42.1 Å². The lowest BCUT2D eigenvalue weighted by Gasteiger charge is -2.27. The van der Waals surface area contributed by atoms with Crippen LogP contribution >= 0.6 is 11.8 Å². The maximum absolute atomic E-state index is 13.5. The smallest absolute Gasteiger partial charge is 0.253 e. The van der Waals surface area contributed by atoms with Gasteiger partial charge in [-0.15, -0.1) is 10.2 Å². The van der Waals surface area contributed by atoms with E-state index in [1.165, 1.54) is 23.9 Å². The van der Waals surface area contributed by atoms with E-state index in [0.29, 0.717) is 24.1 Å². The van der Waals surface area contributed by atoms with Gasteiger partial charge in [-0.3, -0.25) is 9.69 Å². The molecule has 0 atom stereocenters. The van der Waals surface area contributed by atoms with Crippen LogP contribution in [0.5, 0.6) is 0 Å². The summed E-state index contributed by atoms with van der Waals surface area (Å²) in [5, 5.41) is 15.5. The minimum absolute atomic E-state index is 0.0630. The molecule has 0 unspecified atom stereocenters. The Labute approximate surface area is 207 Å². The maximum Gasteiger partial charge on any atom is 0.253 e. The Bertz CT molecular complexity index is 1180. The summed E-state index contributed by atoms with van der Waals surface area (Å²) in [4.78, 5) is 15.2. The van der Waals surface area contributed by atoms with Crippen molar-refractivity contribution in [2.45, 2.75) is 18.1 Å². The van der Waals surface area contributed by atoms with E-state index in [2.05, 4.69) is 20.2 Å². The number of carbonyl (C=O) groups is 1. The van der Waals surface area contributed by atoms with Crippen LogP contribution in [0.4, 0.5) is 4.39 Å². The van der Waals surface area contributed by atoms with Gasteiger partial charge in [0.1, 0.15) is 5.82 Å². The van der Waals surface area contributed by atoms with Gasteiger partial charge in [0, 0.05) is 38.2 Å². The van der Waals surface area contributed by atoms with Gasteiger partial charge in [-0.2, -0.15) is 5.10 Å². The van der Waals surface area contributed by atoms with E-state index in [0.717, 1.165) is 56.1 Å². The number of aromatic nitrogens is 3. The molecule has 35 heavy (non-hydrogen) atoms. The molecule has 0 bridgehead atoms. The lowest BCUT2D eigenvalue weighted by Crippen LogP contribution is -2.38. The average molecular weight is 495 g/mol. The molecule has 0 saturated carbocycles. The van der Waals surface area contributed by atoms with Gasteiger partial charge in [0.25, 0.3) is 5.91 Å². The van der Waals surface area contributed by atoms with E-state index in [4.69, 9.17) is 4.74 Å². The van der Waals surface area contributed by atoms with Crippen LogP contribution in [-0.2, 0) is 16.1 Å². The number of thioether (sulfide) groups is 1. The number of hydrazone groups is 1. The standard InChI is InChI=1S/C25H27FN6O2S/c26-21-8-6-20(7-9-21)24-27-28-25(31(24)13-12-30-14-16-34-17-15-30)35-18-23(33)32-11-10-22(29-32)19-4-2-1-3-5-19/h1-9H,10-18H2. The predicted octanol–water partition coefficient (Wildman–Crippen LogP) is 3.15. The largest absolute Gasteiger partial charge is 0.379 e. The summed E-state index contributed by atoms with van der Waals surface area (Å²) in [5.41, 5.74) is 2.76. The van der Waals surface area contributed by atoms with Crippen LogP contribution in [-0.4, -0.2) is 81.4 Å². The molecule has 0 spiro atoms. The summed E-state index contributed by atoms with van der Waals surface area (Å²) in [6.45, 7) is 5.27. The van der Waals surface area contributed by atoms with E-state index < -0.39 is 0 Å². The van der Waals surface area contributed by atoms with Gasteiger partial charge in [0.05, 0.1) is 31.2 Å². The number of amides is 1. The molecule has 10 heteroatoms. The van der Waals surface area contributed by atoms with Crippen LogP contribution in [0.3, 0.4) is 0 Å². The highest BCUT2D eigenvalue weighted by Crippen LogP contribution is 2.25. The van der Waals surface area contributed by atoms with E-state index in [9.17, 15) is 9.18 Å². The van der Waals surface area contributed by atoms with Crippen molar-refractivity contribution in [1.29, 1.82) is 0 Å². The van der Waals surface area contributed by atoms with Crippen molar-refractivity contribution >= 4 is 23.4 Å². The number of nitrogens with zero attached hydrogens (tertiary/aromatic N) is 6. The average Bonchev–Trinajstić information content (AvgIpc) is 3.55. The Hall–Kier alpha value is -3.08. The second-order valence-corrected chi connectivity index (χ2v) is 9.33. The third-order valence-electron chi connectivity index (χ3n) is 6.08. The van der Waals surface area contributed by atoms with Gasteiger partial charge in [0.15, 0.2) is 11.0 Å². The van der Waals surface area contributed by atoms with Gasteiger partial charge in [-0.25, -0.2) is 9.40 Å². The summed E-state index contributed by atoms with van der Waals surface area (Å²) in [7, 11) is 0. The van der Waals surface area contributed by atoms with Crippen LogP contribution in [0.2, 0.25) is 0 Å². The highest BCUT2D eigenvalue weighted by molar-refractivity contribution is 7.99. The fourth-order valence-corrected chi connectivity index (χ4v) is 4.98. The topological polar surface area (TPSA) is 75.8 Å². The Balaban J connectivity index is 1.29. The van der Waals surface area contributed by atoms with Gasteiger partial charge < -0.3 is 9.30 Å². The zero-order valence-electron chi connectivity index (χ0n) is 19.3. The van der Waals surface area contributed by atoms with Crippen molar-refractivity contribution in [2.24, 2.45) is 5.10 Å². The van der Waals surface area contributed by atoms with Crippen LogP contribution < -0.4 is 0 Å². The second-order valence-electron chi connectivity index (χ2n) is 8.39. The van der Waals surface area contributed by atoms with Crippen molar-refractivity contribution in [3.8, 4) is 11.4 Å². The fraction of sp³-hybridized carbons (Fsp3) is 0.360. The SMILES string of the molecule is O=C(CSc1nnc(-c2ccc(F)cc2)n1CCN1CCOCC1)N1CCC(c2ccccc2)=N1. The molecule has 8 nitrogen and oxygen atoms in total. The number of carbonyl (C=O) groups excluding carboxylic acids is 1. The first-order chi connectivity index (χ1) is 17.2. The highest BCUT2D eigenvalue weighted by Gasteiger charge is 2.23. The summed E-state index contributed by atoms with van der Waals surface area (Å²) < 4.78 is 20.9. The molecule has 182 valence electrons. The molecule has 1 saturated heterocycles. The molecule has 1 aromatic heterocycles. The van der Waals surface area contributed by atoms with E-state index in [1.54, 1.807) is 17.1 Å². The highest BCUT2D eigenvalue weighted by atomic mass is 32.2. The normalized spacial score (nSPS) is 16.5. The number of benzene rings is 2. The molecule has 0 aliphatic carbocycles. The number of morpholine rings is 1. The molecular formula is C25H27FN6O2S. The fourth-order valence-electron chi connectivity index (χ4n) is 4.15. The summed E-state index contributed by atoms with van der Waals surface area (Å²) in [5.74, 6) is 0.519. The molecule has 2 aliphatic rings. The molecule has 1 fully saturated rings. The third-order valence-corrected chi connectivity index (χ3v) is 7.04. The number of hydrogen-bond acceptors (Lipinski definition) is 7. The lowest BCUT2D eigenvalue weighted by atomic mass is 10.1. The first-order valence-corrected chi connectivity index (χ1v) is 12.7. The Morgan fingerprint density at radius 1 is 0.943 bits per heavy atom. The molecule has 5 rings (SSSR count). The Morgan fingerprint density at radius 3 is 2.49 bits per heavy atom. The first-order valence-electron chi connectivity index (χ1n) is 11.7. The van der Waals surface area contributed by atoms with Crippen molar-refractivity contribution in [1.82, 2.24) is 24.7 Å². The van der Waals surface area contributed by atoms with Crippen molar-refractivity contribution in [3.63, 3.8) is 0 Å². The van der Waals surface area contributed by atoms with Crippen LogP contribution in [0.15, 0.2) is 64.9 Å². The molecule has 3 aromatic rings. The molecule has 3 heterocycles. The van der Waals surface area contributed by atoms with Crippen LogP contribution in [0.25, 0.3) is 11.4 Å². The minimum Gasteiger partial charge on any atom is -0.379 e. The van der Waals surface area contributed by atoms with Crippen molar-refractivity contribution in [3.05, 3.63) is 66.0 Å². The summed E-state index contributed by atoms with van der Waals surface area (Å²) in [6.07, 6.45) is 0.741. The number of ether oxygens (including phenoxy) is 1.